The van der Waals surface area contributed by atoms with E-state index in [1.165, 1.54) is 0 Å². The molecule has 0 N–H and O–H groups in total. The summed E-state index contributed by atoms with van der Waals surface area (Å²) >= 11 is 5.79. The minimum atomic E-state index is -0.426. The normalized spacial score (nSPS) is 10.3. The lowest BCUT2D eigenvalue weighted by Crippen LogP contribution is -1.95. The third kappa shape index (κ3) is 3.48. The fourth-order valence-electron chi connectivity index (χ4n) is 1.87. The number of hydrogen-bond donors (Lipinski definition) is 0. The fourth-order valence-corrected chi connectivity index (χ4v) is 1.99. The number of nitrogens with zero attached hydrogens (tertiary/aromatic N) is 1. The molecule has 0 bridgehead atoms. The van der Waals surface area contributed by atoms with E-state index in [2.05, 4.69) is 0 Å². The molecule has 0 aromatic heterocycles. The number of benzene rings is 2. The van der Waals surface area contributed by atoms with Gasteiger partial charge in [0.05, 0.1) is 4.92 Å². The van der Waals surface area contributed by atoms with E-state index in [-0.39, 0.29) is 11.4 Å². The molecule has 104 valence electrons. The van der Waals surface area contributed by atoms with Gasteiger partial charge in [-0.1, -0.05) is 31.0 Å². The molecule has 0 aliphatic rings. The van der Waals surface area contributed by atoms with Crippen LogP contribution >= 0.6 is 11.6 Å². The monoisotopic (exact) mass is 291 g/mol. The number of rotatable bonds is 5. The van der Waals surface area contributed by atoms with Crippen molar-refractivity contribution < 1.29 is 9.66 Å². The molecule has 0 saturated carbocycles. The molecule has 20 heavy (non-hydrogen) atoms. The zero-order valence-corrected chi connectivity index (χ0v) is 11.8. The molecule has 0 aliphatic heterocycles. The molecule has 0 heterocycles. The van der Waals surface area contributed by atoms with Crippen molar-refractivity contribution in [2.45, 2.75) is 19.8 Å². The predicted octanol–water partition coefficient (Wildman–Crippen LogP) is 4.99. The molecule has 0 unspecified atom stereocenters. The summed E-state index contributed by atoms with van der Waals surface area (Å²) in [5, 5.41) is 11.7. The zero-order valence-electron chi connectivity index (χ0n) is 11.0. The minimum absolute atomic E-state index is 0.0223. The summed E-state index contributed by atoms with van der Waals surface area (Å²) in [6, 6.07) is 11.7. The minimum Gasteiger partial charge on any atom is -0.450 e. The maximum atomic E-state index is 11.1. The molecule has 0 amide bonds. The molecule has 0 radical (unpaired) electrons. The largest absolute Gasteiger partial charge is 0.450 e. The van der Waals surface area contributed by atoms with Gasteiger partial charge in [0.15, 0.2) is 0 Å². The summed E-state index contributed by atoms with van der Waals surface area (Å²) in [7, 11) is 0. The first-order valence-corrected chi connectivity index (χ1v) is 6.68. The van der Waals surface area contributed by atoms with E-state index in [1.54, 1.807) is 36.4 Å². The van der Waals surface area contributed by atoms with Gasteiger partial charge in [0, 0.05) is 11.1 Å². The second-order valence-corrected chi connectivity index (χ2v) is 4.80. The Morgan fingerprint density at radius 1 is 1.20 bits per heavy atom. The molecule has 4 nitrogen and oxygen atoms in total. The van der Waals surface area contributed by atoms with Gasteiger partial charge in [0.2, 0.25) is 5.75 Å². The van der Waals surface area contributed by atoms with Crippen molar-refractivity contribution in [3.8, 4) is 11.5 Å². The molecule has 0 fully saturated rings. The topological polar surface area (TPSA) is 52.4 Å². The molecule has 0 saturated heterocycles. The number of hydrogen-bond acceptors (Lipinski definition) is 3. The smallest absolute Gasteiger partial charge is 0.311 e. The van der Waals surface area contributed by atoms with Crippen LogP contribution in [0.25, 0.3) is 0 Å². The van der Waals surface area contributed by atoms with Crippen LogP contribution in [-0.2, 0) is 6.42 Å². The first-order chi connectivity index (χ1) is 9.60. The highest BCUT2D eigenvalue weighted by Crippen LogP contribution is 2.32. The van der Waals surface area contributed by atoms with Crippen LogP contribution in [0.5, 0.6) is 11.5 Å². The highest BCUT2D eigenvalue weighted by atomic mass is 35.5. The fraction of sp³-hybridized carbons (Fsp3) is 0.200. The number of ether oxygens (including phenoxy) is 1. The van der Waals surface area contributed by atoms with Crippen LogP contribution in [0.15, 0.2) is 42.5 Å². The summed E-state index contributed by atoms with van der Waals surface area (Å²) in [6.07, 6.45) is 1.75. The number of nitro benzene ring substituents is 1. The van der Waals surface area contributed by atoms with Gasteiger partial charge in [-0.3, -0.25) is 10.1 Å². The van der Waals surface area contributed by atoms with Gasteiger partial charge in [-0.05, 0) is 42.3 Å². The van der Waals surface area contributed by atoms with Crippen LogP contribution in [0.3, 0.4) is 0 Å². The molecule has 0 aliphatic carbocycles. The molecule has 2 aromatic rings. The van der Waals surface area contributed by atoms with Gasteiger partial charge in [-0.25, -0.2) is 0 Å². The Bertz CT molecular complexity index is 611. The lowest BCUT2D eigenvalue weighted by atomic mass is 10.1. The molecule has 5 heteroatoms. The van der Waals surface area contributed by atoms with E-state index in [0.717, 1.165) is 18.4 Å². The molecule has 2 aromatic carbocycles. The Kier molecular flexibility index (Phi) is 4.58. The van der Waals surface area contributed by atoms with E-state index in [0.29, 0.717) is 10.8 Å². The highest BCUT2D eigenvalue weighted by Gasteiger charge is 2.16. The van der Waals surface area contributed by atoms with Gasteiger partial charge in [-0.2, -0.15) is 0 Å². The molecular weight excluding hydrogens is 278 g/mol. The van der Waals surface area contributed by atoms with Crippen LogP contribution < -0.4 is 4.74 Å². The highest BCUT2D eigenvalue weighted by molar-refractivity contribution is 6.30. The first-order valence-electron chi connectivity index (χ1n) is 6.31. The quantitative estimate of drug-likeness (QED) is 0.576. The average Bonchev–Trinajstić information content (AvgIpc) is 2.43. The van der Waals surface area contributed by atoms with Gasteiger partial charge >= 0.3 is 5.69 Å². The Morgan fingerprint density at radius 2 is 1.90 bits per heavy atom. The first kappa shape index (κ1) is 14.3. The molecular formula is C15H14ClNO3. The van der Waals surface area contributed by atoms with Crippen LogP contribution in [0.2, 0.25) is 5.02 Å². The number of nitro groups is 1. The summed E-state index contributed by atoms with van der Waals surface area (Å²) in [5.74, 6) is 0.748. The van der Waals surface area contributed by atoms with Crippen LogP contribution in [-0.4, -0.2) is 4.92 Å². The second-order valence-electron chi connectivity index (χ2n) is 4.37. The Morgan fingerprint density at radius 3 is 2.50 bits per heavy atom. The predicted molar refractivity (Wildman–Crippen MR) is 78.6 cm³/mol. The molecule has 2 rings (SSSR count). The Hall–Kier alpha value is -2.07. The van der Waals surface area contributed by atoms with Crippen molar-refractivity contribution in [2.75, 3.05) is 0 Å². The molecule has 0 atom stereocenters. The van der Waals surface area contributed by atoms with Crippen molar-refractivity contribution in [1.29, 1.82) is 0 Å². The maximum absolute atomic E-state index is 11.1. The summed E-state index contributed by atoms with van der Waals surface area (Å²) in [4.78, 5) is 10.7. The second kappa shape index (κ2) is 6.39. The van der Waals surface area contributed by atoms with E-state index in [4.69, 9.17) is 16.3 Å². The standard InChI is InChI=1S/C15H14ClNO3/c1-2-3-11-4-9-15(14(10-11)17(18)19)20-13-7-5-12(16)6-8-13/h4-10H,2-3H2,1H3. The van der Waals surface area contributed by atoms with Crippen LogP contribution in [0.4, 0.5) is 5.69 Å². The third-order valence-corrected chi connectivity index (χ3v) is 3.05. The third-order valence-electron chi connectivity index (χ3n) is 2.80. The summed E-state index contributed by atoms with van der Waals surface area (Å²) in [6.45, 7) is 2.03. The van der Waals surface area contributed by atoms with Crippen molar-refractivity contribution in [1.82, 2.24) is 0 Å². The van der Waals surface area contributed by atoms with Gasteiger partial charge in [0.1, 0.15) is 5.75 Å². The van der Waals surface area contributed by atoms with Crippen molar-refractivity contribution in [3.05, 3.63) is 63.2 Å². The zero-order chi connectivity index (χ0) is 14.5. The van der Waals surface area contributed by atoms with Gasteiger partial charge in [-0.15, -0.1) is 0 Å². The summed E-state index contributed by atoms with van der Waals surface area (Å²) < 4.78 is 5.56. The Labute approximate surface area is 122 Å². The Balaban J connectivity index is 2.30. The SMILES string of the molecule is CCCc1ccc(Oc2ccc(Cl)cc2)c([N+](=O)[O-])c1. The average molecular weight is 292 g/mol. The summed E-state index contributed by atoms with van der Waals surface area (Å²) in [5.41, 5.74) is 0.911. The van der Waals surface area contributed by atoms with Crippen LogP contribution in [0, 0.1) is 10.1 Å². The van der Waals surface area contributed by atoms with Crippen LogP contribution in [0.1, 0.15) is 18.9 Å². The number of halogens is 1. The van der Waals surface area contributed by atoms with Gasteiger partial charge < -0.3 is 4.74 Å². The van der Waals surface area contributed by atoms with Crippen molar-refractivity contribution >= 4 is 17.3 Å². The lowest BCUT2D eigenvalue weighted by Gasteiger charge is -2.07. The van der Waals surface area contributed by atoms with E-state index < -0.39 is 4.92 Å². The van der Waals surface area contributed by atoms with E-state index >= 15 is 0 Å². The number of aryl methyl sites for hydroxylation is 1. The van der Waals surface area contributed by atoms with Gasteiger partial charge in [0.25, 0.3) is 0 Å². The maximum Gasteiger partial charge on any atom is 0.311 e. The van der Waals surface area contributed by atoms with Crippen molar-refractivity contribution in [3.63, 3.8) is 0 Å². The lowest BCUT2D eigenvalue weighted by molar-refractivity contribution is -0.385. The molecule has 0 spiro atoms. The van der Waals surface area contributed by atoms with Crippen molar-refractivity contribution in [2.24, 2.45) is 0 Å². The van der Waals surface area contributed by atoms with E-state index in [1.807, 2.05) is 13.0 Å². The van der Waals surface area contributed by atoms with E-state index in [9.17, 15) is 10.1 Å².